The van der Waals surface area contributed by atoms with Crippen LogP contribution in [0.1, 0.15) is 45.7 Å². The molecular weight excluding hydrogens is 286 g/mol. The molecule has 3 rings (SSSR count). The van der Waals surface area contributed by atoms with E-state index in [4.69, 9.17) is 5.73 Å². The van der Waals surface area contributed by atoms with Crippen molar-refractivity contribution >= 4 is 10.0 Å². The maximum absolute atomic E-state index is 12.7. The zero-order valence-corrected chi connectivity index (χ0v) is 13.8. The normalized spacial score (nSPS) is 34.5. The number of hydrogen-bond acceptors (Lipinski definition) is 3. The van der Waals surface area contributed by atoms with Gasteiger partial charge in [0.05, 0.1) is 4.90 Å². The van der Waals surface area contributed by atoms with E-state index in [0.29, 0.717) is 12.5 Å². The highest BCUT2D eigenvalue weighted by Gasteiger charge is 2.60. The first kappa shape index (κ1) is 15.1. The molecule has 21 heavy (non-hydrogen) atoms. The molecule has 0 amide bonds. The van der Waals surface area contributed by atoms with Crippen molar-refractivity contribution in [2.24, 2.45) is 22.5 Å². The van der Waals surface area contributed by atoms with E-state index >= 15 is 0 Å². The molecule has 1 aromatic heterocycles. The van der Waals surface area contributed by atoms with Crippen LogP contribution in [-0.2, 0) is 16.6 Å². The lowest BCUT2D eigenvalue weighted by molar-refractivity contribution is 0.127. The van der Waals surface area contributed by atoms with Crippen molar-refractivity contribution in [2.45, 2.75) is 57.5 Å². The molecule has 1 heterocycles. The quantitative estimate of drug-likeness (QED) is 0.794. The zero-order chi connectivity index (χ0) is 15.5. The molecule has 6 heteroatoms. The maximum Gasteiger partial charge on any atom is 0.242 e. The molecule has 0 spiro atoms. The molecule has 5 nitrogen and oxygen atoms in total. The summed E-state index contributed by atoms with van der Waals surface area (Å²) in [4.78, 5) is 3.19. The second-order valence-electron chi connectivity index (χ2n) is 7.53. The van der Waals surface area contributed by atoms with Crippen LogP contribution in [0.2, 0.25) is 0 Å². The summed E-state index contributed by atoms with van der Waals surface area (Å²) in [6.07, 6.45) is 4.96. The van der Waals surface area contributed by atoms with Crippen LogP contribution in [0.25, 0.3) is 0 Å². The van der Waals surface area contributed by atoms with Crippen molar-refractivity contribution in [3.05, 3.63) is 18.0 Å². The summed E-state index contributed by atoms with van der Waals surface area (Å²) in [7, 11) is -3.50. The molecule has 2 aliphatic rings. The molecule has 4 N–H and O–H groups in total. The third-order valence-electron chi connectivity index (χ3n) is 5.79. The number of nitrogens with one attached hydrogen (secondary N) is 2. The van der Waals surface area contributed by atoms with E-state index in [2.05, 4.69) is 30.5 Å². The minimum Gasteiger partial charge on any atom is -0.363 e. The van der Waals surface area contributed by atoms with Gasteiger partial charge in [0, 0.05) is 24.5 Å². The summed E-state index contributed by atoms with van der Waals surface area (Å²) in [5, 5.41) is 0. The number of aromatic nitrogens is 1. The molecule has 2 fully saturated rings. The van der Waals surface area contributed by atoms with E-state index in [0.717, 1.165) is 18.5 Å². The summed E-state index contributed by atoms with van der Waals surface area (Å²) in [5.74, 6) is 0.612. The molecule has 3 unspecified atom stereocenters. The average Bonchev–Trinajstić information content (AvgIpc) is 3.06. The number of aromatic amines is 1. The Morgan fingerprint density at radius 1 is 1.43 bits per heavy atom. The lowest BCUT2D eigenvalue weighted by atomic mass is 9.69. The second kappa shape index (κ2) is 4.57. The fourth-order valence-corrected chi connectivity index (χ4v) is 6.06. The largest absolute Gasteiger partial charge is 0.363 e. The maximum atomic E-state index is 12.7. The Labute approximate surface area is 126 Å². The van der Waals surface area contributed by atoms with Gasteiger partial charge in [0.25, 0.3) is 0 Å². The van der Waals surface area contributed by atoms with Gasteiger partial charge >= 0.3 is 0 Å². The molecule has 3 atom stereocenters. The number of rotatable bonds is 4. The average molecular weight is 311 g/mol. The first-order chi connectivity index (χ1) is 9.69. The fraction of sp³-hybridized carbons (Fsp3) is 0.733. The van der Waals surface area contributed by atoms with Crippen LogP contribution in [0.3, 0.4) is 0 Å². The van der Waals surface area contributed by atoms with Crippen molar-refractivity contribution in [1.29, 1.82) is 0 Å². The summed E-state index contributed by atoms with van der Waals surface area (Å²) in [6, 6.07) is 1.61. The summed E-state index contributed by atoms with van der Waals surface area (Å²) in [5.41, 5.74) is 6.35. The van der Waals surface area contributed by atoms with E-state index < -0.39 is 10.0 Å². The predicted molar refractivity (Wildman–Crippen MR) is 82.0 cm³/mol. The number of H-pyrrole nitrogens is 1. The number of nitrogens with two attached hydrogens (primary N) is 1. The van der Waals surface area contributed by atoms with Gasteiger partial charge in [-0.2, -0.15) is 0 Å². The first-order valence-electron chi connectivity index (χ1n) is 7.59. The molecule has 2 saturated carbocycles. The first-order valence-corrected chi connectivity index (χ1v) is 9.07. The van der Waals surface area contributed by atoms with Gasteiger partial charge in [-0.1, -0.05) is 20.8 Å². The molecule has 0 saturated heterocycles. The number of fused-ring (bicyclic) bond motifs is 2. The highest BCUT2D eigenvalue weighted by Crippen LogP contribution is 2.62. The lowest BCUT2D eigenvalue weighted by Gasteiger charge is -2.42. The van der Waals surface area contributed by atoms with Gasteiger partial charge in [-0.05, 0) is 42.1 Å². The van der Waals surface area contributed by atoms with Crippen LogP contribution in [0.5, 0.6) is 0 Å². The van der Waals surface area contributed by atoms with Gasteiger partial charge in [0.1, 0.15) is 0 Å². The number of hydrogen-bond donors (Lipinski definition) is 3. The minimum atomic E-state index is -3.50. The molecular formula is C15H25N3O2S. The Kier molecular flexibility index (Phi) is 3.28. The summed E-state index contributed by atoms with van der Waals surface area (Å²) < 4.78 is 28.3. The van der Waals surface area contributed by atoms with Crippen molar-refractivity contribution < 1.29 is 8.42 Å². The van der Waals surface area contributed by atoms with Crippen molar-refractivity contribution in [3.63, 3.8) is 0 Å². The van der Waals surface area contributed by atoms with Gasteiger partial charge in [-0.3, -0.25) is 0 Å². The Balaban J connectivity index is 1.89. The third-order valence-corrected chi connectivity index (χ3v) is 7.19. The fourth-order valence-electron chi connectivity index (χ4n) is 4.51. The van der Waals surface area contributed by atoms with E-state index in [1.165, 1.54) is 12.6 Å². The molecule has 0 radical (unpaired) electrons. The van der Waals surface area contributed by atoms with Gasteiger partial charge in [-0.15, -0.1) is 0 Å². The van der Waals surface area contributed by atoms with Gasteiger partial charge < -0.3 is 10.7 Å². The third kappa shape index (κ3) is 2.24. The van der Waals surface area contributed by atoms with Crippen LogP contribution < -0.4 is 10.5 Å². The van der Waals surface area contributed by atoms with E-state index in [1.54, 1.807) is 6.07 Å². The van der Waals surface area contributed by atoms with E-state index in [9.17, 15) is 8.42 Å². The minimum absolute atomic E-state index is 0.00702. The zero-order valence-electron chi connectivity index (χ0n) is 12.9. The van der Waals surface area contributed by atoms with Crippen molar-refractivity contribution in [2.75, 3.05) is 0 Å². The Morgan fingerprint density at radius 3 is 2.67 bits per heavy atom. The lowest BCUT2D eigenvalue weighted by Crippen LogP contribution is -2.52. The standard InChI is InChI=1S/C15H25N3O2S/c1-14(2)10-4-5-15(3,7-10)13(14)18-21(19,20)12-6-11(8-16)17-9-12/h6,9-10,13,17-18H,4-5,7-8,16H2,1-3H3. The Morgan fingerprint density at radius 2 is 2.14 bits per heavy atom. The summed E-state index contributed by atoms with van der Waals surface area (Å²) >= 11 is 0. The van der Waals surface area contributed by atoms with Crippen molar-refractivity contribution in [3.8, 4) is 0 Å². The van der Waals surface area contributed by atoms with Gasteiger partial charge in [0.2, 0.25) is 10.0 Å². The van der Waals surface area contributed by atoms with Crippen molar-refractivity contribution in [1.82, 2.24) is 9.71 Å². The predicted octanol–water partition coefficient (Wildman–Crippen LogP) is 1.97. The Bertz CT molecular complexity index is 645. The van der Waals surface area contributed by atoms with Crippen LogP contribution in [0.4, 0.5) is 0 Å². The number of sulfonamides is 1. The van der Waals surface area contributed by atoms with Gasteiger partial charge in [0.15, 0.2) is 0 Å². The van der Waals surface area contributed by atoms with Crippen LogP contribution >= 0.6 is 0 Å². The monoisotopic (exact) mass is 311 g/mol. The molecule has 2 bridgehead atoms. The van der Waals surface area contributed by atoms with Crippen LogP contribution in [0.15, 0.2) is 17.2 Å². The van der Waals surface area contributed by atoms with E-state index in [-0.39, 0.29) is 21.8 Å². The topological polar surface area (TPSA) is 88.0 Å². The molecule has 0 aliphatic heterocycles. The summed E-state index contributed by atoms with van der Waals surface area (Å²) in [6.45, 7) is 6.91. The Hall–Kier alpha value is -0.850. The highest BCUT2D eigenvalue weighted by molar-refractivity contribution is 7.89. The second-order valence-corrected chi connectivity index (χ2v) is 9.25. The molecule has 118 valence electrons. The SMILES string of the molecule is CC12CCC(C1)C(C)(C)C2NS(=O)(=O)c1c[nH]c(CN)c1. The van der Waals surface area contributed by atoms with E-state index in [1.807, 2.05) is 0 Å². The van der Waals surface area contributed by atoms with Gasteiger partial charge in [-0.25, -0.2) is 13.1 Å². The molecule has 1 aromatic rings. The highest BCUT2D eigenvalue weighted by atomic mass is 32.2. The molecule has 0 aromatic carbocycles. The van der Waals surface area contributed by atoms with Crippen LogP contribution in [0, 0.1) is 16.7 Å². The van der Waals surface area contributed by atoms with Crippen LogP contribution in [-0.4, -0.2) is 19.4 Å². The molecule has 2 aliphatic carbocycles. The smallest absolute Gasteiger partial charge is 0.242 e.